The van der Waals surface area contributed by atoms with Crippen LogP contribution < -0.4 is 5.32 Å². The van der Waals surface area contributed by atoms with Crippen molar-refractivity contribution in [3.05, 3.63) is 42.2 Å². The van der Waals surface area contributed by atoms with E-state index in [1.807, 2.05) is 6.20 Å². The lowest BCUT2D eigenvalue weighted by Crippen LogP contribution is -2.36. The van der Waals surface area contributed by atoms with Crippen LogP contribution in [0, 0.1) is 11.8 Å². The van der Waals surface area contributed by atoms with Crippen LogP contribution in [0.5, 0.6) is 0 Å². The zero-order valence-electron chi connectivity index (χ0n) is 23.9. The lowest BCUT2D eigenvalue weighted by molar-refractivity contribution is 0.111. The summed E-state index contributed by atoms with van der Waals surface area (Å²) in [5, 5.41) is 23.9. The van der Waals surface area contributed by atoms with Gasteiger partial charge in [0.2, 0.25) is 5.95 Å². The van der Waals surface area contributed by atoms with E-state index >= 15 is 0 Å². The summed E-state index contributed by atoms with van der Waals surface area (Å²) in [6.45, 7) is 8.64. The number of nitrogens with zero attached hydrogens (tertiary/aromatic N) is 4. The summed E-state index contributed by atoms with van der Waals surface area (Å²) in [6.07, 6.45) is 13.6. The Labute approximate surface area is 233 Å². The minimum Gasteiger partial charge on any atom is -0.395 e. The smallest absolute Gasteiger partial charge is 0.224 e. The summed E-state index contributed by atoms with van der Waals surface area (Å²) in [7, 11) is 0. The van der Waals surface area contributed by atoms with Gasteiger partial charge in [-0.2, -0.15) is 4.98 Å². The van der Waals surface area contributed by atoms with E-state index in [9.17, 15) is 10.2 Å². The third-order valence-corrected chi connectivity index (χ3v) is 9.16. The molecule has 1 atom stereocenters. The maximum Gasteiger partial charge on any atom is 0.224 e. The van der Waals surface area contributed by atoms with Crippen molar-refractivity contribution in [2.45, 2.75) is 83.8 Å². The highest BCUT2D eigenvalue weighted by molar-refractivity contribution is 5.94. The van der Waals surface area contributed by atoms with Crippen molar-refractivity contribution in [2.24, 2.45) is 11.8 Å². The second kappa shape index (κ2) is 13.2. The molecule has 3 heterocycles. The van der Waals surface area contributed by atoms with E-state index in [0.717, 1.165) is 75.7 Å². The van der Waals surface area contributed by atoms with Crippen LogP contribution in [0.15, 0.2) is 36.7 Å². The molecule has 0 spiro atoms. The average Bonchev–Trinajstić information content (AvgIpc) is 3.34. The number of aromatic nitrogens is 3. The van der Waals surface area contributed by atoms with E-state index in [1.165, 1.54) is 36.0 Å². The quantitative estimate of drug-likeness (QED) is 0.294. The Bertz CT molecular complexity index is 1180. The molecule has 0 amide bonds. The van der Waals surface area contributed by atoms with Crippen molar-refractivity contribution in [2.75, 3.05) is 38.1 Å². The molecule has 212 valence electrons. The number of aliphatic hydroxyl groups is 2. The van der Waals surface area contributed by atoms with Crippen LogP contribution in [-0.4, -0.2) is 68.5 Å². The normalized spacial score (nSPS) is 21.8. The van der Waals surface area contributed by atoms with Gasteiger partial charge in [-0.25, -0.2) is 4.98 Å². The second-order valence-electron chi connectivity index (χ2n) is 12.0. The number of anilines is 1. The van der Waals surface area contributed by atoms with E-state index < -0.39 is 0 Å². The largest absolute Gasteiger partial charge is 0.395 e. The van der Waals surface area contributed by atoms with Gasteiger partial charge in [-0.1, -0.05) is 44.5 Å². The van der Waals surface area contributed by atoms with Gasteiger partial charge in [0.05, 0.1) is 12.7 Å². The van der Waals surface area contributed by atoms with Gasteiger partial charge in [-0.3, -0.25) is 0 Å². The van der Waals surface area contributed by atoms with Crippen LogP contribution >= 0.6 is 0 Å². The summed E-state index contributed by atoms with van der Waals surface area (Å²) in [5.41, 5.74) is 4.78. The molecule has 3 aromatic rings. The molecule has 1 saturated carbocycles. The fraction of sp³-hybridized carbons (Fsp3) is 0.625. The first-order valence-electron chi connectivity index (χ1n) is 15.3. The highest BCUT2D eigenvalue weighted by Crippen LogP contribution is 2.37. The monoisotopic (exact) mass is 533 g/mol. The third-order valence-electron chi connectivity index (χ3n) is 9.16. The Kier molecular flexibility index (Phi) is 9.53. The second-order valence-corrected chi connectivity index (χ2v) is 12.0. The van der Waals surface area contributed by atoms with Crippen molar-refractivity contribution in [1.82, 2.24) is 19.4 Å². The first kappa shape index (κ1) is 28.1. The van der Waals surface area contributed by atoms with Crippen LogP contribution in [0.25, 0.3) is 22.2 Å². The van der Waals surface area contributed by atoms with Gasteiger partial charge in [0.1, 0.15) is 5.65 Å². The maximum absolute atomic E-state index is 10.1. The Balaban J connectivity index is 1.35. The number of hydrogen-bond acceptors (Lipinski definition) is 6. The summed E-state index contributed by atoms with van der Waals surface area (Å²) < 4.78 is 2.35. The highest BCUT2D eigenvalue weighted by Gasteiger charge is 2.25. The molecular formula is C32H47N5O2. The fourth-order valence-corrected chi connectivity index (χ4v) is 6.30. The minimum absolute atomic E-state index is 0.176. The summed E-state index contributed by atoms with van der Waals surface area (Å²) in [4.78, 5) is 12.1. The number of β-amino-alcohol motifs (C(OH)–C–C–N with tert-alkyl or cyclic N) is 1. The van der Waals surface area contributed by atoms with Crippen molar-refractivity contribution in [3.8, 4) is 11.1 Å². The molecular weight excluding hydrogens is 486 g/mol. The SMILES string of the molecule is CCC(C)CCNc1ncc2c(-c3ccc(CC4CCN(CCO)CC4)cc3)cn(C3CCC(O)CC3)c2n1. The highest BCUT2D eigenvalue weighted by atomic mass is 16.3. The van der Waals surface area contributed by atoms with Gasteiger partial charge in [-0.05, 0) is 87.4 Å². The van der Waals surface area contributed by atoms with Crippen molar-refractivity contribution in [3.63, 3.8) is 0 Å². The van der Waals surface area contributed by atoms with Crippen molar-refractivity contribution >= 4 is 17.0 Å². The Hall–Kier alpha value is -2.48. The number of aliphatic hydroxyl groups excluding tert-OH is 2. The lowest BCUT2D eigenvalue weighted by atomic mass is 9.89. The topological polar surface area (TPSA) is 86.4 Å². The van der Waals surface area contributed by atoms with Gasteiger partial charge in [0.25, 0.3) is 0 Å². The van der Waals surface area contributed by atoms with E-state index in [1.54, 1.807) is 0 Å². The van der Waals surface area contributed by atoms with Gasteiger partial charge < -0.3 is 25.0 Å². The molecule has 2 aromatic heterocycles. The number of rotatable bonds is 11. The maximum atomic E-state index is 10.1. The van der Waals surface area contributed by atoms with Gasteiger partial charge in [-0.15, -0.1) is 0 Å². The average molecular weight is 534 g/mol. The minimum atomic E-state index is -0.176. The molecule has 1 aromatic carbocycles. The summed E-state index contributed by atoms with van der Waals surface area (Å²) >= 11 is 0. The molecule has 1 aliphatic carbocycles. The fourth-order valence-electron chi connectivity index (χ4n) is 6.30. The Morgan fingerprint density at radius 2 is 1.79 bits per heavy atom. The predicted octanol–water partition coefficient (Wildman–Crippen LogP) is 5.67. The molecule has 7 heteroatoms. The standard InChI is InChI=1S/C32H47N5O2/c1-3-23(2)12-15-33-32-34-21-29-30(22-37(31(29)35-32)27-8-10-28(39)11-9-27)26-6-4-24(5-7-26)20-25-13-16-36(17-14-25)18-19-38/h4-7,21-23,25,27-28,38-39H,3,8-20H2,1-2H3,(H,33,34,35). The molecule has 7 nitrogen and oxygen atoms in total. The van der Waals surface area contributed by atoms with Crippen LogP contribution in [0.4, 0.5) is 5.95 Å². The number of hydrogen-bond donors (Lipinski definition) is 3. The number of piperidine rings is 1. The molecule has 3 N–H and O–H groups in total. The Morgan fingerprint density at radius 1 is 1.05 bits per heavy atom. The van der Waals surface area contributed by atoms with E-state index in [-0.39, 0.29) is 12.7 Å². The van der Waals surface area contributed by atoms with Crippen LogP contribution in [-0.2, 0) is 6.42 Å². The number of nitrogens with one attached hydrogen (secondary N) is 1. The molecule has 39 heavy (non-hydrogen) atoms. The molecule has 1 unspecified atom stereocenters. The predicted molar refractivity (Wildman–Crippen MR) is 159 cm³/mol. The molecule has 5 rings (SSSR count). The molecule has 1 saturated heterocycles. The first-order valence-corrected chi connectivity index (χ1v) is 15.3. The van der Waals surface area contributed by atoms with Crippen molar-refractivity contribution in [1.29, 1.82) is 0 Å². The summed E-state index contributed by atoms with van der Waals surface area (Å²) in [6, 6.07) is 9.46. The zero-order chi connectivity index (χ0) is 27.2. The molecule has 1 aliphatic heterocycles. The molecule has 2 fully saturated rings. The van der Waals surface area contributed by atoms with Crippen LogP contribution in [0.1, 0.15) is 76.8 Å². The van der Waals surface area contributed by atoms with E-state index in [4.69, 9.17) is 9.97 Å². The first-order chi connectivity index (χ1) is 19.0. The Morgan fingerprint density at radius 3 is 2.49 bits per heavy atom. The van der Waals surface area contributed by atoms with E-state index in [2.05, 4.69) is 59.1 Å². The van der Waals surface area contributed by atoms with Gasteiger partial charge in [0, 0.05) is 42.5 Å². The lowest BCUT2D eigenvalue weighted by Gasteiger charge is -2.31. The number of likely N-dealkylation sites (tertiary alicyclic amines) is 1. The number of benzene rings is 1. The van der Waals surface area contributed by atoms with Gasteiger partial charge >= 0.3 is 0 Å². The third kappa shape index (κ3) is 7.00. The molecule has 0 bridgehead atoms. The number of fused-ring (bicyclic) bond motifs is 1. The van der Waals surface area contributed by atoms with Crippen LogP contribution in [0.3, 0.4) is 0 Å². The molecule has 2 aliphatic rings. The van der Waals surface area contributed by atoms with Crippen LogP contribution in [0.2, 0.25) is 0 Å². The van der Waals surface area contributed by atoms with E-state index in [0.29, 0.717) is 23.8 Å². The van der Waals surface area contributed by atoms with Gasteiger partial charge in [0.15, 0.2) is 0 Å². The summed E-state index contributed by atoms with van der Waals surface area (Å²) in [5.74, 6) is 2.11. The molecule has 0 radical (unpaired) electrons. The van der Waals surface area contributed by atoms with Crippen molar-refractivity contribution < 1.29 is 10.2 Å². The zero-order valence-corrected chi connectivity index (χ0v) is 23.9.